The van der Waals surface area contributed by atoms with Gasteiger partial charge in [0.05, 0.1) is 5.52 Å². The molecule has 0 aliphatic carbocycles. The minimum atomic E-state index is -0.810. The van der Waals surface area contributed by atoms with E-state index in [-0.39, 0.29) is 0 Å². The molecule has 1 N–H and O–H groups in total. The van der Waals surface area contributed by atoms with Crippen LogP contribution in [0.2, 0.25) is 0 Å². The van der Waals surface area contributed by atoms with Crippen molar-refractivity contribution in [2.24, 2.45) is 0 Å². The summed E-state index contributed by atoms with van der Waals surface area (Å²) in [5, 5.41) is 11.3. The van der Waals surface area contributed by atoms with Crippen LogP contribution in [0.4, 0.5) is 0 Å². The number of fused-ring (bicyclic) bond motifs is 1. The number of aliphatic hydroxyl groups is 1. The first-order chi connectivity index (χ1) is 8.75. The van der Waals surface area contributed by atoms with Gasteiger partial charge in [-0.1, -0.05) is 24.3 Å². The van der Waals surface area contributed by atoms with Gasteiger partial charge in [-0.3, -0.25) is 4.98 Å². The third kappa shape index (κ3) is 1.94. The molecule has 2 aromatic heterocycles. The molecule has 0 saturated carbocycles. The summed E-state index contributed by atoms with van der Waals surface area (Å²) < 4.78 is 5.99. The maximum atomic E-state index is 10.3. The van der Waals surface area contributed by atoms with Crippen LogP contribution in [-0.4, -0.2) is 10.1 Å². The van der Waals surface area contributed by atoms with Crippen LogP contribution in [0.1, 0.15) is 17.4 Å². The average molecular weight is 304 g/mol. The maximum Gasteiger partial charge on any atom is 0.169 e. The SMILES string of the molecule is OC(c1ccc(Br)o1)c1cccc2cccnc12. The fourth-order valence-electron chi connectivity index (χ4n) is 1.98. The molecule has 90 valence electrons. The lowest BCUT2D eigenvalue weighted by molar-refractivity contribution is 0.189. The predicted molar refractivity (Wildman–Crippen MR) is 72.2 cm³/mol. The van der Waals surface area contributed by atoms with Gasteiger partial charge in [-0.05, 0) is 34.1 Å². The highest BCUT2D eigenvalue weighted by Gasteiger charge is 2.17. The van der Waals surface area contributed by atoms with Crippen molar-refractivity contribution in [2.45, 2.75) is 6.10 Å². The standard InChI is InChI=1S/C14H10BrNO2/c15-12-7-6-11(18-12)14(17)10-5-1-3-9-4-2-8-16-13(9)10/h1-8,14,17H. The number of para-hydroxylation sites is 1. The van der Waals surface area contributed by atoms with Crippen LogP contribution >= 0.6 is 15.9 Å². The first-order valence-electron chi connectivity index (χ1n) is 5.52. The second-order valence-electron chi connectivity index (χ2n) is 3.97. The van der Waals surface area contributed by atoms with Crippen molar-refractivity contribution >= 4 is 26.8 Å². The highest BCUT2D eigenvalue weighted by molar-refractivity contribution is 9.10. The number of rotatable bonds is 2. The van der Waals surface area contributed by atoms with Gasteiger partial charge in [0, 0.05) is 17.1 Å². The first-order valence-corrected chi connectivity index (χ1v) is 6.32. The third-order valence-corrected chi connectivity index (χ3v) is 3.25. The Balaban J connectivity index is 2.14. The Morgan fingerprint density at radius 3 is 2.72 bits per heavy atom. The van der Waals surface area contributed by atoms with Crippen LogP contribution in [0, 0.1) is 0 Å². The van der Waals surface area contributed by atoms with Crippen LogP contribution in [0.5, 0.6) is 0 Å². The van der Waals surface area contributed by atoms with E-state index in [1.807, 2.05) is 30.3 Å². The molecular weight excluding hydrogens is 294 g/mol. The van der Waals surface area contributed by atoms with Gasteiger partial charge in [0.25, 0.3) is 0 Å². The van der Waals surface area contributed by atoms with Gasteiger partial charge in [0.15, 0.2) is 4.67 Å². The number of nitrogens with zero attached hydrogens (tertiary/aromatic N) is 1. The van der Waals surface area contributed by atoms with E-state index in [4.69, 9.17) is 4.42 Å². The zero-order valence-electron chi connectivity index (χ0n) is 9.38. The van der Waals surface area contributed by atoms with Crippen molar-refractivity contribution in [1.29, 1.82) is 0 Å². The molecule has 0 radical (unpaired) electrons. The van der Waals surface area contributed by atoms with Crippen molar-refractivity contribution in [1.82, 2.24) is 4.98 Å². The molecule has 3 nitrogen and oxygen atoms in total. The third-order valence-electron chi connectivity index (χ3n) is 2.82. The van der Waals surface area contributed by atoms with Crippen molar-refractivity contribution in [3.05, 3.63) is 64.7 Å². The van der Waals surface area contributed by atoms with E-state index in [1.165, 1.54) is 0 Å². The molecular formula is C14H10BrNO2. The molecule has 2 heterocycles. The normalized spacial score (nSPS) is 12.8. The summed E-state index contributed by atoms with van der Waals surface area (Å²) in [5.74, 6) is 0.500. The topological polar surface area (TPSA) is 46.3 Å². The van der Waals surface area contributed by atoms with Crippen molar-refractivity contribution in [3.8, 4) is 0 Å². The fraction of sp³-hybridized carbons (Fsp3) is 0.0714. The summed E-state index contributed by atoms with van der Waals surface area (Å²) in [4.78, 5) is 4.32. The van der Waals surface area contributed by atoms with E-state index in [9.17, 15) is 5.11 Å². The molecule has 0 amide bonds. The molecule has 0 bridgehead atoms. The first kappa shape index (κ1) is 11.4. The average Bonchev–Trinajstić information content (AvgIpc) is 2.84. The van der Waals surface area contributed by atoms with Gasteiger partial charge in [-0.25, -0.2) is 0 Å². The lowest BCUT2D eigenvalue weighted by atomic mass is 10.0. The highest BCUT2D eigenvalue weighted by Crippen LogP contribution is 2.29. The zero-order chi connectivity index (χ0) is 12.5. The Morgan fingerprint density at radius 1 is 1.11 bits per heavy atom. The van der Waals surface area contributed by atoms with Crippen molar-refractivity contribution < 1.29 is 9.52 Å². The lowest BCUT2D eigenvalue weighted by Crippen LogP contribution is -1.99. The Bertz CT molecular complexity index is 688. The van der Waals surface area contributed by atoms with Crippen LogP contribution in [0.3, 0.4) is 0 Å². The van der Waals surface area contributed by atoms with E-state index in [0.29, 0.717) is 10.4 Å². The molecule has 1 atom stereocenters. The second-order valence-corrected chi connectivity index (χ2v) is 4.75. The Labute approximate surface area is 112 Å². The van der Waals surface area contributed by atoms with Gasteiger partial charge in [-0.15, -0.1) is 0 Å². The van der Waals surface area contributed by atoms with Crippen LogP contribution < -0.4 is 0 Å². The minimum Gasteiger partial charge on any atom is -0.451 e. The molecule has 3 rings (SSSR count). The van der Waals surface area contributed by atoms with Gasteiger partial charge < -0.3 is 9.52 Å². The number of hydrogen-bond acceptors (Lipinski definition) is 3. The van der Waals surface area contributed by atoms with Gasteiger partial charge in [-0.2, -0.15) is 0 Å². The van der Waals surface area contributed by atoms with E-state index in [2.05, 4.69) is 20.9 Å². The minimum absolute atomic E-state index is 0.500. The molecule has 1 unspecified atom stereocenters. The van der Waals surface area contributed by atoms with Gasteiger partial charge in [0.2, 0.25) is 0 Å². The molecule has 18 heavy (non-hydrogen) atoms. The van der Waals surface area contributed by atoms with Crippen LogP contribution in [0.15, 0.2) is 57.7 Å². The van der Waals surface area contributed by atoms with E-state index >= 15 is 0 Å². The molecule has 0 aliphatic rings. The van der Waals surface area contributed by atoms with Crippen LogP contribution in [-0.2, 0) is 0 Å². The van der Waals surface area contributed by atoms with E-state index in [0.717, 1.165) is 16.5 Å². The smallest absolute Gasteiger partial charge is 0.169 e. The summed E-state index contributed by atoms with van der Waals surface area (Å²) >= 11 is 3.23. The Hall–Kier alpha value is -1.65. The molecule has 4 heteroatoms. The number of pyridine rings is 1. The number of halogens is 1. The quantitative estimate of drug-likeness (QED) is 0.785. The summed E-state index contributed by atoms with van der Waals surface area (Å²) in [6.45, 7) is 0. The summed E-state index contributed by atoms with van der Waals surface area (Å²) in [5.41, 5.74) is 1.54. The van der Waals surface area contributed by atoms with E-state index in [1.54, 1.807) is 18.3 Å². The summed E-state index contributed by atoms with van der Waals surface area (Å²) in [6.07, 6.45) is 0.909. The highest BCUT2D eigenvalue weighted by atomic mass is 79.9. The predicted octanol–water partition coefficient (Wildman–Crippen LogP) is 3.67. The monoisotopic (exact) mass is 303 g/mol. The molecule has 0 fully saturated rings. The molecule has 0 spiro atoms. The second kappa shape index (κ2) is 4.55. The largest absolute Gasteiger partial charge is 0.451 e. The van der Waals surface area contributed by atoms with Gasteiger partial charge in [0.1, 0.15) is 11.9 Å². The molecule has 3 aromatic rings. The number of furan rings is 1. The van der Waals surface area contributed by atoms with Crippen LogP contribution in [0.25, 0.3) is 10.9 Å². The van der Waals surface area contributed by atoms with Crippen molar-refractivity contribution in [2.75, 3.05) is 0 Å². The Morgan fingerprint density at radius 2 is 1.94 bits per heavy atom. The number of hydrogen-bond donors (Lipinski definition) is 1. The number of aliphatic hydroxyl groups excluding tert-OH is 1. The van der Waals surface area contributed by atoms with Gasteiger partial charge >= 0.3 is 0 Å². The Kier molecular flexibility index (Phi) is 2.89. The summed E-state index contributed by atoms with van der Waals surface area (Å²) in [7, 11) is 0. The van der Waals surface area contributed by atoms with E-state index < -0.39 is 6.10 Å². The van der Waals surface area contributed by atoms with Crippen molar-refractivity contribution in [3.63, 3.8) is 0 Å². The zero-order valence-corrected chi connectivity index (χ0v) is 11.0. The number of benzene rings is 1. The molecule has 0 aliphatic heterocycles. The lowest BCUT2D eigenvalue weighted by Gasteiger charge is -2.10. The maximum absolute atomic E-state index is 10.3. The number of aromatic nitrogens is 1. The molecule has 0 saturated heterocycles. The summed E-state index contributed by atoms with van der Waals surface area (Å²) in [6, 6.07) is 13.1. The molecule has 1 aromatic carbocycles. The fourth-order valence-corrected chi connectivity index (χ4v) is 2.30.